The second kappa shape index (κ2) is 13.1. The van der Waals surface area contributed by atoms with Gasteiger partial charge >= 0.3 is 0 Å². The molecule has 2 saturated heterocycles. The summed E-state index contributed by atoms with van der Waals surface area (Å²) in [5.41, 5.74) is 1.27. The number of thioether (sulfide) groups is 1. The molecule has 2 heterocycles. The lowest BCUT2D eigenvalue weighted by molar-refractivity contribution is -0.113. The van der Waals surface area contributed by atoms with Gasteiger partial charge in [0.1, 0.15) is 23.1 Å². The minimum atomic E-state index is -0.362. The molecule has 0 aliphatic carbocycles. The third kappa shape index (κ3) is 7.29. The van der Waals surface area contributed by atoms with Crippen LogP contribution in [0, 0.1) is 5.82 Å². The highest BCUT2D eigenvalue weighted by atomic mass is 32.2. The van der Waals surface area contributed by atoms with Gasteiger partial charge in [-0.25, -0.2) is 9.29 Å². The molecule has 0 spiro atoms. The van der Waals surface area contributed by atoms with Gasteiger partial charge in [-0.05, 0) is 110 Å². The van der Waals surface area contributed by atoms with Gasteiger partial charge in [-0.3, -0.25) is 9.59 Å². The number of benzene rings is 3. The van der Waals surface area contributed by atoms with E-state index >= 15 is 0 Å². The van der Waals surface area contributed by atoms with Crippen molar-refractivity contribution in [3.63, 3.8) is 0 Å². The Balaban J connectivity index is 1.11. The molecule has 2 aliphatic rings. The van der Waals surface area contributed by atoms with Crippen LogP contribution in [0.2, 0.25) is 0 Å². The minimum Gasteiger partial charge on any atom is -0.494 e. The van der Waals surface area contributed by atoms with Gasteiger partial charge in [-0.1, -0.05) is 12.1 Å². The van der Waals surface area contributed by atoms with Crippen LogP contribution in [0.1, 0.15) is 18.4 Å². The fourth-order valence-electron chi connectivity index (χ4n) is 4.50. The lowest BCUT2D eigenvalue weighted by Gasteiger charge is -2.32. The van der Waals surface area contributed by atoms with Crippen LogP contribution >= 0.6 is 11.8 Å². The molecule has 2 aliphatic heterocycles. The summed E-state index contributed by atoms with van der Waals surface area (Å²) in [7, 11) is 2.16. The van der Waals surface area contributed by atoms with Crippen LogP contribution in [0.5, 0.6) is 17.2 Å². The molecule has 7 nitrogen and oxygen atoms in total. The highest BCUT2D eigenvalue weighted by Crippen LogP contribution is 2.36. The number of nitrogens with zero attached hydrogens (tertiary/aromatic N) is 3. The monoisotopic (exact) mass is 561 g/mol. The zero-order valence-corrected chi connectivity index (χ0v) is 23.2. The second-order valence-electron chi connectivity index (χ2n) is 9.84. The minimum absolute atomic E-state index is 0.330. The van der Waals surface area contributed by atoms with Crippen LogP contribution in [0.4, 0.5) is 14.9 Å². The third-order valence-electron chi connectivity index (χ3n) is 6.85. The van der Waals surface area contributed by atoms with Crippen molar-refractivity contribution in [3.8, 4) is 17.2 Å². The molecule has 0 unspecified atom stereocenters. The first-order valence-electron chi connectivity index (χ1n) is 13.4. The molecule has 9 heteroatoms. The number of ether oxygens (including phenoxy) is 2. The van der Waals surface area contributed by atoms with Gasteiger partial charge in [0.2, 0.25) is 0 Å². The number of carbonyl (C=O) groups excluding carboxylic acids is 2. The maximum absolute atomic E-state index is 13.1. The number of rotatable bonds is 10. The number of hydrogen-bond acceptors (Lipinski definition) is 7. The molecule has 5 rings (SSSR count). The first kappa shape index (κ1) is 27.9. The Morgan fingerprint density at radius 1 is 0.825 bits per heavy atom. The quantitative estimate of drug-likeness (QED) is 0.214. The fourth-order valence-corrected chi connectivity index (χ4v) is 5.34. The lowest BCUT2D eigenvalue weighted by atomic mass is 10.2. The van der Waals surface area contributed by atoms with Crippen LogP contribution in [0.15, 0.2) is 77.7 Å². The lowest BCUT2D eigenvalue weighted by Crippen LogP contribution is -2.44. The highest BCUT2D eigenvalue weighted by Gasteiger charge is 2.36. The summed E-state index contributed by atoms with van der Waals surface area (Å²) < 4.78 is 24.7. The number of amides is 2. The van der Waals surface area contributed by atoms with Crippen molar-refractivity contribution in [1.29, 1.82) is 0 Å². The van der Waals surface area contributed by atoms with Crippen molar-refractivity contribution in [2.24, 2.45) is 0 Å². The van der Waals surface area contributed by atoms with E-state index in [1.165, 1.54) is 17.0 Å². The first-order valence-corrected chi connectivity index (χ1v) is 14.2. The van der Waals surface area contributed by atoms with E-state index in [1.54, 1.807) is 66.7 Å². The Morgan fingerprint density at radius 3 is 2.12 bits per heavy atom. The number of hydrogen-bond donors (Lipinski definition) is 0. The predicted molar refractivity (Wildman–Crippen MR) is 156 cm³/mol. The van der Waals surface area contributed by atoms with E-state index in [2.05, 4.69) is 16.8 Å². The number of likely N-dealkylation sites (N-methyl/N-ethyl adjacent to an activating group) is 1. The average Bonchev–Trinajstić information content (AvgIpc) is 3.24. The largest absolute Gasteiger partial charge is 0.494 e. The van der Waals surface area contributed by atoms with Crippen LogP contribution in [0.25, 0.3) is 6.08 Å². The van der Waals surface area contributed by atoms with Gasteiger partial charge in [0.05, 0.1) is 17.2 Å². The normalized spacial score (nSPS) is 17.6. The maximum Gasteiger partial charge on any atom is 0.298 e. The summed E-state index contributed by atoms with van der Waals surface area (Å²) in [5.74, 6) is 1.12. The van der Waals surface area contributed by atoms with E-state index in [1.807, 2.05) is 0 Å². The number of anilines is 1. The van der Waals surface area contributed by atoms with Crippen molar-refractivity contribution < 1.29 is 23.5 Å². The molecule has 0 bridgehead atoms. The number of halogens is 1. The summed E-state index contributed by atoms with van der Waals surface area (Å²) in [6, 6.07) is 19.9. The van der Waals surface area contributed by atoms with E-state index in [4.69, 9.17) is 9.47 Å². The molecule has 3 aromatic rings. The first-order chi connectivity index (χ1) is 19.4. The highest BCUT2D eigenvalue weighted by molar-refractivity contribution is 8.19. The average molecular weight is 562 g/mol. The van der Waals surface area contributed by atoms with Crippen LogP contribution in [-0.4, -0.2) is 67.3 Å². The van der Waals surface area contributed by atoms with E-state index < -0.39 is 0 Å². The Bertz CT molecular complexity index is 1340. The smallest absolute Gasteiger partial charge is 0.298 e. The Morgan fingerprint density at radius 2 is 1.45 bits per heavy atom. The molecule has 0 radical (unpaired) electrons. The van der Waals surface area contributed by atoms with Gasteiger partial charge in [-0.15, -0.1) is 0 Å². The van der Waals surface area contributed by atoms with Crippen LogP contribution in [0.3, 0.4) is 0 Å². The van der Waals surface area contributed by atoms with E-state index in [9.17, 15) is 14.0 Å². The van der Waals surface area contributed by atoms with Gasteiger partial charge in [-0.2, -0.15) is 0 Å². The number of unbranched alkanes of at least 4 members (excludes halogenated alkanes) is 1. The van der Waals surface area contributed by atoms with E-state index in [0.29, 0.717) is 34.4 Å². The van der Waals surface area contributed by atoms with E-state index in [-0.39, 0.29) is 17.0 Å². The molecule has 0 atom stereocenters. The van der Waals surface area contributed by atoms with Gasteiger partial charge < -0.3 is 19.3 Å². The molecule has 2 fully saturated rings. The predicted octanol–water partition coefficient (Wildman–Crippen LogP) is 6.27. The number of piperazine rings is 1. The molecular weight excluding hydrogens is 529 g/mol. The van der Waals surface area contributed by atoms with Crippen LogP contribution < -0.4 is 14.4 Å². The Kier molecular flexibility index (Phi) is 9.15. The summed E-state index contributed by atoms with van der Waals surface area (Å²) in [4.78, 5) is 32.1. The summed E-state index contributed by atoms with van der Waals surface area (Å²) >= 11 is 0.909. The second-order valence-corrected chi connectivity index (χ2v) is 10.8. The van der Waals surface area contributed by atoms with Crippen molar-refractivity contribution in [2.75, 3.05) is 51.3 Å². The SMILES string of the molecule is CN1CCN(CCCCOc2ccc(N3C(=O)SC(=Cc4ccc(Oc5ccc(F)cc5)cc4)C3=O)cc2)CC1. The maximum atomic E-state index is 13.1. The van der Waals surface area contributed by atoms with Crippen LogP contribution in [-0.2, 0) is 4.79 Å². The van der Waals surface area contributed by atoms with Crippen molar-refractivity contribution >= 4 is 34.7 Å². The standard InChI is InChI=1S/C31H32FN3O4S/c1-33-17-19-34(20-18-33)16-2-3-21-38-26-14-8-25(9-15-26)35-30(36)29(40-31(35)37)22-23-4-10-27(11-5-23)39-28-12-6-24(32)7-13-28/h4-15,22H,2-3,16-21H2,1H3. The number of imide groups is 1. The Labute approximate surface area is 238 Å². The van der Waals surface area contributed by atoms with Crippen molar-refractivity contribution in [1.82, 2.24) is 9.80 Å². The molecule has 40 heavy (non-hydrogen) atoms. The third-order valence-corrected chi connectivity index (χ3v) is 7.72. The Hall–Kier alpha value is -3.66. The molecule has 0 aromatic heterocycles. The fraction of sp³-hybridized carbons (Fsp3) is 0.290. The summed E-state index contributed by atoms with van der Waals surface area (Å²) in [6.45, 7) is 6.23. The number of carbonyl (C=O) groups is 2. The van der Waals surface area contributed by atoms with Gasteiger partial charge in [0.15, 0.2) is 0 Å². The zero-order chi connectivity index (χ0) is 27.9. The summed E-state index contributed by atoms with van der Waals surface area (Å²) in [6.07, 6.45) is 3.75. The zero-order valence-electron chi connectivity index (χ0n) is 22.4. The topological polar surface area (TPSA) is 62.3 Å². The molecule has 3 aromatic carbocycles. The molecular formula is C31H32FN3O4S. The summed E-state index contributed by atoms with van der Waals surface area (Å²) in [5, 5.41) is -0.343. The van der Waals surface area contributed by atoms with Gasteiger partial charge in [0, 0.05) is 26.2 Å². The molecule has 0 saturated carbocycles. The van der Waals surface area contributed by atoms with Gasteiger partial charge in [0.25, 0.3) is 11.1 Å². The van der Waals surface area contributed by atoms with Crippen molar-refractivity contribution in [2.45, 2.75) is 12.8 Å². The molecule has 208 valence electrons. The van der Waals surface area contributed by atoms with E-state index in [0.717, 1.165) is 62.9 Å². The van der Waals surface area contributed by atoms with Crippen molar-refractivity contribution in [3.05, 3.63) is 89.1 Å². The molecule has 0 N–H and O–H groups in total. The molecule has 2 amide bonds.